The summed E-state index contributed by atoms with van der Waals surface area (Å²) in [7, 11) is 0. The van der Waals surface area contributed by atoms with Crippen molar-refractivity contribution in [1.82, 2.24) is 26.3 Å². The standard InChI is InChI=1S/C27H46N8O8/c1-16(37)22(26(41)33-19(8-2-4-10-28)24(39)34-21(15-36)27(42)43)35-25(40)20(9-3-5-11-29)32-23(38)18(30)13-17-7-6-12-31-14-17/h6-7,12,14,16,18-22,36-37H,2-5,8-11,13,15,28-30H2,1H3,(H,32,38)(H,33,41)(H,34,39)(H,35,40)(H,42,43)/t16-,18+,19+,20+,21+,22+/m1/s1. The van der Waals surface area contributed by atoms with Crippen LogP contribution in [0, 0.1) is 0 Å². The lowest BCUT2D eigenvalue weighted by molar-refractivity contribution is -0.143. The van der Waals surface area contributed by atoms with E-state index in [9.17, 15) is 34.2 Å². The number of hydrogen-bond donors (Lipinski definition) is 10. The van der Waals surface area contributed by atoms with E-state index in [2.05, 4.69) is 26.3 Å². The van der Waals surface area contributed by atoms with Gasteiger partial charge in [-0.05, 0) is 76.6 Å². The third-order valence-electron chi connectivity index (χ3n) is 6.53. The lowest BCUT2D eigenvalue weighted by Crippen LogP contribution is -2.61. The number of aliphatic hydroxyl groups excluding tert-OH is 2. The Kier molecular flexibility index (Phi) is 17.6. The van der Waals surface area contributed by atoms with Gasteiger partial charge in [0.2, 0.25) is 23.6 Å². The molecule has 13 N–H and O–H groups in total. The van der Waals surface area contributed by atoms with Crippen LogP contribution >= 0.6 is 0 Å². The van der Waals surface area contributed by atoms with Crippen LogP contribution in [0.1, 0.15) is 51.0 Å². The Morgan fingerprint density at radius 2 is 1.37 bits per heavy atom. The van der Waals surface area contributed by atoms with Gasteiger partial charge >= 0.3 is 5.97 Å². The van der Waals surface area contributed by atoms with Gasteiger partial charge in [-0.25, -0.2) is 4.79 Å². The van der Waals surface area contributed by atoms with E-state index in [1.807, 2.05) is 0 Å². The van der Waals surface area contributed by atoms with Crippen LogP contribution in [-0.2, 0) is 30.4 Å². The van der Waals surface area contributed by atoms with Crippen LogP contribution in [-0.4, -0.2) is 106 Å². The van der Waals surface area contributed by atoms with Gasteiger partial charge in [0.25, 0.3) is 0 Å². The van der Waals surface area contributed by atoms with Crippen molar-refractivity contribution >= 4 is 29.6 Å². The molecule has 0 fully saturated rings. The largest absolute Gasteiger partial charge is 0.480 e. The average Bonchev–Trinajstić information content (AvgIpc) is 2.97. The summed E-state index contributed by atoms with van der Waals surface area (Å²) >= 11 is 0. The normalized spacial score (nSPS) is 15.2. The van der Waals surface area contributed by atoms with Crippen molar-refractivity contribution < 1.29 is 39.3 Å². The molecule has 1 aromatic heterocycles. The summed E-state index contributed by atoms with van der Waals surface area (Å²) in [6.07, 6.45) is 4.07. The van der Waals surface area contributed by atoms with Crippen LogP contribution in [0.3, 0.4) is 0 Å². The monoisotopic (exact) mass is 610 g/mol. The van der Waals surface area contributed by atoms with E-state index >= 15 is 0 Å². The number of aliphatic hydroxyl groups is 2. The van der Waals surface area contributed by atoms with E-state index in [-0.39, 0.29) is 19.3 Å². The molecule has 0 aliphatic heterocycles. The maximum absolute atomic E-state index is 13.3. The summed E-state index contributed by atoms with van der Waals surface area (Å²) in [5.74, 6) is -4.65. The third-order valence-corrected chi connectivity index (χ3v) is 6.53. The molecule has 0 saturated carbocycles. The second kappa shape index (κ2) is 20.2. The molecule has 0 bridgehead atoms. The molecular formula is C27H46N8O8. The topological polar surface area (TPSA) is 285 Å². The summed E-state index contributed by atoms with van der Waals surface area (Å²) in [6, 6.07) is -3.04. The highest BCUT2D eigenvalue weighted by molar-refractivity contribution is 5.95. The Balaban J connectivity index is 3.04. The number of aromatic nitrogens is 1. The first-order valence-electron chi connectivity index (χ1n) is 14.2. The van der Waals surface area contributed by atoms with Crippen LogP contribution in [0.15, 0.2) is 24.5 Å². The molecule has 16 heteroatoms. The minimum atomic E-state index is -1.60. The molecule has 1 rings (SSSR count). The molecule has 0 radical (unpaired) electrons. The van der Waals surface area contributed by atoms with Crippen LogP contribution in [0.25, 0.3) is 0 Å². The number of aliphatic carboxylic acids is 1. The molecule has 1 aromatic rings. The number of nitrogens with two attached hydrogens (primary N) is 3. The average molecular weight is 611 g/mol. The Labute approximate surface area is 250 Å². The van der Waals surface area contributed by atoms with Crippen molar-refractivity contribution in [2.75, 3.05) is 19.7 Å². The number of amides is 4. The van der Waals surface area contributed by atoms with Gasteiger partial charge in [0.05, 0.1) is 18.8 Å². The molecule has 1 heterocycles. The molecule has 0 spiro atoms. The molecular weight excluding hydrogens is 564 g/mol. The Hall–Kier alpha value is -3.70. The fourth-order valence-corrected chi connectivity index (χ4v) is 4.05. The minimum absolute atomic E-state index is 0.0691. The van der Waals surface area contributed by atoms with Crippen molar-refractivity contribution in [3.05, 3.63) is 30.1 Å². The van der Waals surface area contributed by atoms with Gasteiger partial charge in [0.15, 0.2) is 0 Å². The van der Waals surface area contributed by atoms with Crippen molar-refractivity contribution in [3.8, 4) is 0 Å². The Morgan fingerprint density at radius 3 is 1.84 bits per heavy atom. The van der Waals surface area contributed by atoms with Gasteiger partial charge in [-0.2, -0.15) is 0 Å². The molecule has 43 heavy (non-hydrogen) atoms. The first-order valence-corrected chi connectivity index (χ1v) is 14.2. The number of rotatable bonds is 21. The number of nitrogens with zero attached hydrogens (tertiary/aromatic N) is 1. The highest BCUT2D eigenvalue weighted by Crippen LogP contribution is 2.07. The number of unbranched alkanes of at least 4 members (excludes halogenated alkanes) is 2. The van der Waals surface area contributed by atoms with Crippen LogP contribution < -0.4 is 38.5 Å². The first kappa shape index (κ1) is 37.3. The number of nitrogens with one attached hydrogen (secondary N) is 4. The number of carbonyl (C=O) groups excluding carboxylic acids is 4. The maximum atomic E-state index is 13.3. The van der Waals surface area contributed by atoms with Gasteiger partial charge in [-0.1, -0.05) is 6.07 Å². The quantitative estimate of drug-likeness (QED) is 0.0610. The first-order chi connectivity index (χ1) is 20.4. The number of carbonyl (C=O) groups is 5. The van der Waals surface area contributed by atoms with E-state index in [1.54, 1.807) is 24.5 Å². The minimum Gasteiger partial charge on any atom is -0.480 e. The molecule has 6 atom stereocenters. The molecule has 16 nitrogen and oxygen atoms in total. The van der Waals surface area contributed by atoms with Gasteiger partial charge in [0.1, 0.15) is 24.2 Å². The summed E-state index contributed by atoms with van der Waals surface area (Å²) in [5, 5.41) is 38.4. The van der Waals surface area contributed by atoms with Gasteiger partial charge < -0.3 is 53.8 Å². The number of pyridine rings is 1. The predicted molar refractivity (Wildman–Crippen MR) is 156 cm³/mol. The van der Waals surface area contributed by atoms with Crippen LogP contribution in [0.5, 0.6) is 0 Å². The number of carboxylic acid groups (broad SMARTS) is 1. The second-order valence-electron chi connectivity index (χ2n) is 10.2. The molecule has 0 saturated heterocycles. The zero-order chi connectivity index (χ0) is 32.4. The number of carboxylic acids is 1. The lowest BCUT2D eigenvalue weighted by atomic mass is 10.0. The van der Waals surface area contributed by atoms with E-state index in [0.29, 0.717) is 38.8 Å². The fraction of sp³-hybridized carbons (Fsp3) is 0.630. The highest BCUT2D eigenvalue weighted by atomic mass is 16.4. The Bertz CT molecular complexity index is 1030. The number of hydrogen-bond acceptors (Lipinski definition) is 11. The summed E-state index contributed by atoms with van der Waals surface area (Å²) in [5.41, 5.74) is 17.9. The van der Waals surface area contributed by atoms with Crippen molar-refractivity contribution in [3.63, 3.8) is 0 Å². The summed E-state index contributed by atoms with van der Waals surface area (Å²) < 4.78 is 0. The van der Waals surface area contributed by atoms with Crippen molar-refractivity contribution in [1.29, 1.82) is 0 Å². The fourth-order valence-electron chi connectivity index (χ4n) is 4.05. The lowest BCUT2D eigenvalue weighted by Gasteiger charge is -2.27. The van der Waals surface area contributed by atoms with E-state index in [4.69, 9.17) is 22.3 Å². The third kappa shape index (κ3) is 13.9. The van der Waals surface area contributed by atoms with Crippen LogP contribution in [0.4, 0.5) is 0 Å². The molecule has 0 aromatic carbocycles. The second-order valence-corrected chi connectivity index (χ2v) is 10.2. The van der Waals surface area contributed by atoms with Gasteiger partial charge in [0, 0.05) is 12.4 Å². The van der Waals surface area contributed by atoms with E-state index in [1.165, 1.54) is 6.92 Å². The zero-order valence-corrected chi connectivity index (χ0v) is 24.4. The molecule has 0 aliphatic rings. The molecule has 0 aliphatic carbocycles. The highest BCUT2D eigenvalue weighted by Gasteiger charge is 2.33. The van der Waals surface area contributed by atoms with Gasteiger partial charge in [-0.3, -0.25) is 24.2 Å². The maximum Gasteiger partial charge on any atom is 0.328 e. The zero-order valence-electron chi connectivity index (χ0n) is 24.4. The Morgan fingerprint density at radius 1 is 0.837 bits per heavy atom. The van der Waals surface area contributed by atoms with Crippen LogP contribution in [0.2, 0.25) is 0 Å². The summed E-state index contributed by atoms with van der Waals surface area (Å²) in [4.78, 5) is 67.3. The van der Waals surface area contributed by atoms with Gasteiger partial charge in [-0.15, -0.1) is 0 Å². The van der Waals surface area contributed by atoms with Crippen molar-refractivity contribution in [2.24, 2.45) is 17.2 Å². The SMILES string of the molecule is C[C@@H](O)[C@H](NC(=O)[C@H](CCCCN)NC(=O)[C@@H](N)Cc1cccnc1)C(=O)N[C@@H](CCCCN)C(=O)N[C@@H](CO)C(=O)O. The van der Waals surface area contributed by atoms with Crippen molar-refractivity contribution in [2.45, 2.75) is 88.2 Å². The predicted octanol–water partition coefficient (Wildman–Crippen LogP) is -3.39. The smallest absolute Gasteiger partial charge is 0.328 e. The molecule has 242 valence electrons. The van der Waals surface area contributed by atoms with E-state index < -0.39 is 72.5 Å². The van der Waals surface area contributed by atoms with E-state index in [0.717, 1.165) is 5.56 Å². The molecule has 4 amide bonds. The molecule has 0 unspecified atom stereocenters. The summed E-state index contributed by atoms with van der Waals surface area (Å²) in [6.45, 7) is 1.05.